The van der Waals surface area contributed by atoms with Gasteiger partial charge in [0, 0.05) is 12.0 Å². The summed E-state index contributed by atoms with van der Waals surface area (Å²) in [6, 6.07) is 6.91. The standard InChI is InChI=1S/C22H32O4/c1-7-19(23)16-8-10-17(11-9-16)26-22(5,6)20(24)25-18-12-15(2)13-21(3,4)14-18/h8-11,15,18H,7,12-14H2,1-6H3. The van der Waals surface area contributed by atoms with E-state index in [1.807, 2.05) is 6.92 Å². The Balaban J connectivity index is 2.00. The highest BCUT2D eigenvalue weighted by molar-refractivity contribution is 5.95. The minimum atomic E-state index is -1.08. The quantitative estimate of drug-likeness (QED) is 0.517. The van der Waals surface area contributed by atoms with Crippen LogP contribution in [0.1, 0.15) is 77.6 Å². The summed E-state index contributed by atoms with van der Waals surface area (Å²) < 4.78 is 11.7. The van der Waals surface area contributed by atoms with Gasteiger partial charge in [0.2, 0.25) is 0 Å². The molecule has 0 heterocycles. The minimum Gasteiger partial charge on any atom is -0.476 e. The first-order chi connectivity index (χ1) is 12.0. The molecule has 2 unspecified atom stereocenters. The third kappa shape index (κ3) is 5.33. The van der Waals surface area contributed by atoms with Crippen LogP contribution in [-0.2, 0) is 9.53 Å². The summed E-state index contributed by atoms with van der Waals surface area (Å²) in [6.07, 6.45) is 3.35. The topological polar surface area (TPSA) is 52.6 Å². The van der Waals surface area contributed by atoms with Crippen LogP contribution in [0.25, 0.3) is 0 Å². The molecule has 1 aliphatic rings. The fourth-order valence-corrected chi connectivity index (χ4v) is 3.89. The van der Waals surface area contributed by atoms with E-state index in [4.69, 9.17) is 9.47 Å². The third-order valence-corrected chi connectivity index (χ3v) is 4.98. The number of ether oxygens (including phenoxy) is 2. The maximum Gasteiger partial charge on any atom is 0.350 e. The lowest BCUT2D eigenvalue weighted by Gasteiger charge is -2.39. The molecule has 0 bridgehead atoms. The fraction of sp³-hybridized carbons (Fsp3) is 0.636. The number of esters is 1. The molecule has 0 amide bonds. The molecule has 4 nitrogen and oxygen atoms in total. The predicted octanol–water partition coefficient (Wildman–Crippen LogP) is 5.19. The van der Waals surface area contributed by atoms with Crippen LogP contribution in [0.15, 0.2) is 24.3 Å². The van der Waals surface area contributed by atoms with Gasteiger partial charge in [-0.25, -0.2) is 4.79 Å². The lowest BCUT2D eigenvalue weighted by Crippen LogP contribution is -2.43. The highest BCUT2D eigenvalue weighted by Crippen LogP contribution is 2.40. The molecular weight excluding hydrogens is 328 g/mol. The molecule has 144 valence electrons. The SMILES string of the molecule is CCC(=O)c1ccc(OC(C)(C)C(=O)OC2CC(C)CC(C)(C)C2)cc1. The van der Waals surface area contributed by atoms with Crippen molar-refractivity contribution in [2.45, 2.75) is 78.9 Å². The molecule has 0 aromatic heterocycles. The smallest absolute Gasteiger partial charge is 0.350 e. The van der Waals surface area contributed by atoms with E-state index in [1.54, 1.807) is 38.1 Å². The average Bonchev–Trinajstić information content (AvgIpc) is 2.52. The number of ketones is 1. The highest BCUT2D eigenvalue weighted by atomic mass is 16.6. The van der Waals surface area contributed by atoms with Gasteiger partial charge in [-0.15, -0.1) is 0 Å². The van der Waals surface area contributed by atoms with Gasteiger partial charge in [0.05, 0.1) is 0 Å². The molecule has 0 radical (unpaired) electrons. The molecule has 0 N–H and O–H groups in total. The molecule has 1 fully saturated rings. The van der Waals surface area contributed by atoms with Crippen LogP contribution in [0.3, 0.4) is 0 Å². The van der Waals surface area contributed by atoms with Gasteiger partial charge in [0.25, 0.3) is 0 Å². The Bertz CT molecular complexity index is 643. The summed E-state index contributed by atoms with van der Waals surface area (Å²) in [5.74, 6) is 0.839. The summed E-state index contributed by atoms with van der Waals surface area (Å²) in [4.78, 5) is 24.4. The van der Waals surface area contributed by atoms with Crippen LogP contribution in [0.5, 0.6) is 5.75 Å². The van der Waals surface area contributed by atoms with Gasteiger partial charge in [-0.05, 0) is 68.7 Å². The van der Waals surface area contributed by atoms with Crippen molar-refractivity contribution in [1.82, 2.24) is 0 Å². The van der Waals surface area contributed by atoms with Crippen molar-refractivity contribution in [2.75, 3.05) is 0 Å². The van der Waals surface area contributed by atoms with Crippen LogP contribution in [0.4, 0.5) is 0 Å². The number of benzene rings is 1. The molecule has 2 rings (SSSR count). The van der Waals surface area contributed by atoms with E-state index in [-0.39, 0.29) is 23.3 Å². The number of rotatable bonds is 6. The maximum atomic E-state index is 12.7. The van der Waals surface area contributed by atoms with Crippen molar-refractivity contribution in [3.8, 4) is 5.75 Å². The predicted molar refractivity (Wildman–Crippen MR) is 102 cm³/mol. The van der Waals surface area contributed by atoms with Crippen molar-refractivity contribution in [3.05, 3.63) is 29.8 Å². The molecule has 1 aromatic rings. The van der Waals surface area contributed by atoms with E-state index in [0.717, 1.165) is 19.3 Å². The summed E-state index contributed by atoms with van der Waals surface area (Å²) in [5, 5.41) is 0. The van der Waals surface area contributed by atoms with Gasteiger partial charge < -0.3 is 9.47 Å². The number of carbonyl (C=O) groups excluding carboxylic acids is 2. The highest BCUT2D eigenvalue weighted by Gasteiger charge is 2.38. The molecule has 4 heteroatoms. The first-order valence-electron chi connectivity index (χ1n) is 9.56. The van der Waals surface area contributed by atoms with Gasteiger partial charge >= 0.3 is 5.97 Å². The van der Waals surface area contributed by atoms with Crippen LogP contribution in [-0.4, -0.2) is 23.5 Å². The molecule has 1 aliphatic carbocycles. The Morgan fingerprint density at radius 3 is 2.31 bits per heavy atom. The first-order valence-corrected chi connectivity index (χ1v) is 9.56. The summed E-state index contributed by atoms with van der Waals surface area (Å²) in [5.41, 5.74) is -0.241. The normalized spacial score (nSPS) is 22.5. The van der Waals surface area contributed by atoms with Gasteiger partial charge in [0.1, 0.15) is 11.9 Å². The molecule has 1 saturated carbocycles. The largest absolute Gasteiger partial charge is 0.476 e. The zero-order chi connectivity index (χ0) is 19.5. The van der Waals surface area contributed by atoms with E-state index >= 15 is 0 Å². The second kappa shape index (κ2) is 7.81. The van der Waals surface area contributed by atoms with Gasteiger partial charge in [0.15, 0.2) is 11.4 Å². The third-order valence-electron chi connectivity index (χ3n) is 4.98. The zero-order valence-electron chi connectivity index (χ0n) is 16.9. The van der Waals surface area contributed by atoms with Crippen molar-refractivity contribution in [3.63, 3.8) is 0 Å². The summed E-state index contributed by atoms with van der Waals surface area (Å²) >= 11 is 0. The monoisotopic (exact) mass is 360 g/mol. The van der Waals surface area contributed by atoms with Crippen molar-refractivity contribution < 1.29 is 19.1 Å². The Hall–Kier alpha value is -1.84. The van der Waals surface area contributed by atoms with Crippen LogP contribution < -0.4 is 4.74 Å². The maximum absolute atomic E-state index is 12.7. The Morgan fingerprint density at radius 1 is 1.15 bits per heavy atom. The van der Waals surface area contributed by atoms with E-state index in [0.29, 0.717) is 23.7 Å². The molecule has 0 aliphatic heterocycles. The van der Waals surface area contributed by atoms with E-state index < -0.39 is 5.60 Å². The second-order valence-corrected chi connectivity index (χ2v) is 8.85. The molecule has 1 aromatic carbocycles. The number of Topliss-reactive ketones (excluding diaryl/α,β-unsaturated/α-hetero) is 1. The second-order valence-electron chi connectivity index (χ2n) is 8.85. The molecular formula is C22H32O4. The van der Waals surface area contributed by atoms with Crippen LogP contribution in [0.2, 0.25) is 0 Å². The van der Waals surface area contributed by atoms with Gasteiger partial charge in [-0.3, -0.25) is 4.79 Å². The van der Waals surface area contributed by atoms with Crippen molar-refractivity contribution >= 4 is 11.8 Å². The van der Waals surface area contributed by atoms with Gasteiger partial charge in [-0.2, -0.15) is 0 Å². The van der Waals surface area contributed by atoms with Crippen molar-refractivity contribution in [2.24, 2.45) is 11.3 Å². The lowest BCUT2D eigenvalue weighted by atomic mass is 9.71. The zero-order valence-corrected chi connectivity index (χ0v) is 16.9. The fourth-order valence-electron chi connectivity index (χ4n) is 3.89. The Kier molecular flexibility index (Phi) is 6.15. The molecule has 0 saturated heterocycles. The Labute approximate surface area is 157 Å². The molecule has 2 atom stereocenters. The number of carbonyl (C=O) groups is 2. The summed E-state index contributed by atoms with van der Waals surface area (Å²) in [7, 11) is 0. The van der Waals surface area contributed by atoms with E-state index in [1.165, 1.54) is 0 Å². The lowest BCUT2D eigenvalue weighted by molar-refractivity contribution is -0.169. The van der Waals surface area contributed by atoms with Gasteiger partial charge in [-0.1, -0.05) is 27.7 Å². The minimum absolute atomic E-state index is 0.0614. The van der Waals surface area contributed by atoms with Crippen LogP contribution in [0, 0.1) is 11.3 Å². The Morgan fingerprint density at radius 2 is 1.77 bits per heavy atom. The number of hydrogen-bond acceptors (Lipinski definition) is 4. The van der Waals surface area contributed by atoms with Crippen molar-refractivity contribution in [1.29, 1.82) is 0 Å². The van der Waals surface area contributed by atoms with Crippen LogP contribution >= 0.6 is 0 Å². The van der Waals surface area contributed by atoms with E-state index in [2.05, 4.69) is 20.8 Å². The molecule has 26 heavy (non-hydrogen) atoms. The average molecular weight is 360 g/mol. The first kappa shape index (κ1) is 20.5. The number of hydrogen-bond donors (Lipinski definition) is 0. The van der Waals surface area contributed by atoms with E-state index in [9.17, 15) is 9.59 Å². The summed E-state index contributed by atoms with van der Waals surface area (Å²) in [6.45, 7) is 11.9. The molecule has 0 spiro atoms.